The molecule has 0 bridgehead atoms. The van der Waals surface area contributed by atoms with E-state index < -0.39 is 5.95 Å². The molecule has 0 amide bonds. The summed E-state index contributed by atoms with van der Waals surface area (Å²) >= 11 is 0. The average Bonchev–Trinajstić information content (AvgIpc) is 2.84. The van der Waals surface area contributed by atoms with E-state index in [4.69, 9.17) is 14.2 Å². The molecule has 92 valence electrons. The third kappa shape index (κ3) is 2.17. The van der Waals surface area contributed by atoms with E-state index in [-0.39, 0.29) is 19.3 Å². The molecule has 0 saturated carbocycles. The second-order valence-electron chi connectivity index (χ2n) is 3.66. The molecule has 0 unspecified atom stereocenters. The van der Waals surface area contributed by atoms with Crippen LogP contribution >= 0.6 is 0 Å². The summed E-state index contributed by atoms with van der Waals surface area (Å²) in [5.41, 5.74) is 0.887. The lowest BCUT2D eigenvalue weighted by atomic mass is 10.2. The van der Waals surface area contributed by atoms with E-state index in [9.17, 15) is 4.39 Å². The number of hydrogen-bond donors (Lipinski definition) is 0. The zero-order valence-corrected chi connectivity index (χ0v) is 9.30. The minimum absolute atomic E-state index is 0.195. The van der Waals surface area contributed by atoms with Crippen molar-refractivity contribution < 1.29 is 18.6 Å². The summed E-state index contributed by atoms with van der Waals surface area (Å²) in [5, 5.41) is 0. The maximum Gasteiger partial charge on any atom is 0.231 e. The smallest absolute Gasteiger partial charge is 0.231 e. The zero-order chi connectivity index (χ0) is 12.4. The summed E-state index contributed by atoms with van der Waals surface area (Å²) in [6.45, 7) is 0.504. The number of rotatable bonds is 3. The van der Waals surface area contributed by atoms with Crippen LogP contribution in [0.2, 0.25) is 0 Å². The summed E-state index contributed by atoms with van der Waals surface area (Å²) < 4.78 is 28.6. The molecule has 0 saturated heterocycles. The number of fused-ring (bicyclic) bond motifs is 1. The molecule has 2 aromatic rings. The van der Waals surface area contributed by atoms with Crippen LogP contribution in [0, 0.1) is 5.95 Å². The third-order valence-corrected chi connectivity index (χ3v) is 2.43. The van der Waals surface area contributed by atoms with Gasteiger partial charge in [-0.3, -0.25) is 0 Å². The summed E-state index contributed by atoms with van der Waals surface area (Å²) in [7, 11) is 0. The highest BCUT2D eigenvalue weighted by Gasteiger charge is 2.13. The molecule has 3 rings (SSSR count). The Morgan fingerprint density at radius 2 is 2.06 bits per heavy atom. The van der Waals surface area contributed by atoms with Crippen LogP contribution in [-0.4, -0.2) is 16.8 Å². The van der Waals surface area contributed by atoms with Crippen molar-refractivity contribution in [2.75, 3.05) is 6.79 Å². The van der Waals surface area contributed by atoms with Gasteiger partial charge in [0.2, 0.25) is 18.6 Å². The average molecular weight is 248 g/mol. The second kappa shape index (κ2) is 4.48. The van der Waals surface area contributed by atoms with Gasteiger partial charge in [-0.2, -0.15) is 4.39 Å². The largest absolute Gasteiger partial charge is 0.473 e. The molecule has 1 aliphatic heterocycles. The Bertz CT molecular complexity index is 577. The number of nitrogens with zero attached hydrogens (tertiary/aromatic N) is 2. The number of aromatic nitrogens is 2. The van der Waals surface area contributed by atoms with Crippen molar-refractivity contribution >= 4 is 0 Å². The second-order valence-corrected chi connectivity index (χ2v) is 3.66. The number of halogens is 1. The Balaban J connectivity index is 1.70. The molecule has 5 nitrogen and oxygen atoms in total. The summed E-state index contributed by atoms with van der Waals surface area (Å²) in [4.78, 5) is 7.15. The van der Waals surface area contributed by atoms with E-state index >= 15 is 0 Å². The van der Waals surface area contributed by atoms with Gasteiger partial charge in [0, 0.05) is 0 Å². The van der Waals surface area contributed by atoms with Crippen molar-refractivity contribution in [1.29, 1.82) is 0 Å². The van der Waals surface area contributed by atoms with Crippen molar-refractivity contribution in [2.24, 2.45) is 0 Å². The van der Waals surface area contributed by atoms with Gasteiger partial charge in [0.1, 0.15) is 12.9 Å². The zero-order valence-electron chi connectivity index (χ0n) is 9.30. The van der Waals surface area contributed by atoms with Gasteiger partial charge in [0.15, 0.2) is 11.5 Å². The molecule has 0 aliphatic carbocycles. The molecule has 0 radical (unpaired) electrons. The highest BCUT2D eigenvalue weighted by molar-refractivity contribution is 5.44. The van der Waals surface area contributed by atoms with Gasteiger partial charge in [-0.1, -0.05) is 6.07 Å². The minimum Gasteiger partial charge on any atom is -0.473 e. The van der Waals surface area contributed by atoms with E-state index in [2.05, 4.69) is 9.97 Å². The van der Waals surface area contributed by atoms with Gasteiger partial charge < -0.3 is 14.2 Å². The highest BCUT2D eigenvalue weighted by atomic mass is 19.1. The first-order chi connectivity index (χ1) is 8.81. The molecular weight excluding hydrogens is 239 g/mol. The van der Waals surface area contributed by atoms with Crippen molar-refractivity contribution in [3.05, 3.63) is 42.1 Å². The lowest BCUT2D eigenvalue weighted by Gasteiger charge is -2.05. The fraction of sp³-hybridized carbons (Fsp3) is 0.167. The van der Waals surface area contributed by atoms with Gasteiger partial charge in [0.25, 0.3) is 0 Å². The van der Waals surface area contributed by atoms with Crippen molar-refractivity contribution in [1.82, 2.24) is 9.97 Å². The van der Waals surface area contributed by atoms with Crippen LogP contribution in [0.15, 0.2) is 30.6 Å². The molecule has 0 N–H and O–H groups in total. The van der Waals surface area contributed by atoms with Crippen LogP contribution in [0.3, 0.4) is 0 Å². The highest BCUT2D eigenvalue weighted by Crippen LogP contribution is 2.32. The van der Waals surface area contributed by atoms with Gasteiger partial charge in [0.05, 0.1) is 6.07 Å². The molecule has 1 aromatic heterocycles. The van der Waals surface area contributed by atoms with E-state index in [1.807, 2.05) is 18.2 Å². The van der Waals surface area contributed by atoms with Crippen LogP contribution in [0.1, 0.15) is 5.56 Å². The van der Waals surface area contributed by atoms with Gasteiger partial charge >= 0.3 is 0 Å². The minimum atomic E-state index is -0.620. The van der Waals surface area contributed by atoms with Crippen molar-refractivity contribution in [3.8, 4) is 17.4 Å². The number of hydrogen-bond acceptors (Lipinski definition) is 5. The van der Waals surface area contributed by atoms with Gasteiger partial charge in [-0.05, 0) is 17.7 Å². The van der Waals surface area contributed by atoms with Gasteiger partial charge in [-0.15, -0.1) is 0 Å². The first kappa shape index (κ1) is 10.8. The Kier molecular flexibility index (Phi) is 2.68. The van der Waals surface area contributed by atoms with Crippen LogP contribution in [0.4, 0.5) is 4.39 Å². The molecule has 0 spiro atoms. The summed E-state index contributed by atoms with van der Waals surface area (Å²) in [5.74, 6) is 0.975. The molecule has 1 aliphatic rings. The van der Waals surface area contributed by atoms with Gasteiger partial charge in [-0.25, -0.2) is 9.97 Å². The SMILES string of the molecule is Fc1cc(OCc2ccc3c(c2)OCO3)ncn1. The Morgan fingerprint density at radius 1 is 1.17 bits per heavy atom. The van der Waals surface area contributed by atoms with E-state index in [0.717, 1.165) is 18.0 Å². The summed E-state index contributed by atoms with van der Waals surface area (Å²) in [6.07, 6.45) is 1.12. The lowest BCUT2D eigenvalue weighted by Crippen LogP contribution is -1.98. The molecule has 6 heteroatoms. The van der Waals surface area contributed by atoms with Crippen molar-refractivity contribution in [2.45, 2.75) is 6.61 Å². The Hall–Kier alpha value is -2.37. The standard InChI is InChI=1S/C12H9FN2O3/c13-11-4-12(15-6-14-11)16-5-8-1-2-9-10(3-8)18-7-17-9/h1-4,6H,5,7H2. The van der Waals surface area contributed by atoms with E-state index in [0.29, 0.717) is 11.5 Å². The fourth-order valence-corrected chi connectivity index (χ4v) is 1.58. The third-order valence-electron chi connectivity index (χ3n) is 2.43. The summed E-state index contributed by atoms with van der Waals surface area (Å²) in [6, 6.07) is 6.61. The Labute approximate surface area is 102 Å². The van der Waals surface area contributed by atoms with Crippen LogP contribution < -0.4 is 14.2 Å². The topological polar surface area (TPSA) is 53.5 Å². The Morgan fingerprint density at radius 3 is 2.94 bits per heavy atom. The predicted octanol–water partition coefficient (Wildman–Crippen LogP) is 1.92. The maximum absolute atomic E-state index is 12.8. The predicted molar refractivity (Wildman–Crippen MR) is 58.9 cm³/mol. The fourth-order valence-electron chi connectivity index (χ4n) is 1.58. The molecule has 1 aromatic carbocycles. The molecule has 2 heterocycles. The molecular formula is C12H9FN2O3. The monoisotopic (exact) mass is 248 g/mol. The quantitative estimate of drug-likeness (QED) is 0.777. The van der Waals surface area contributed by atoms with Crippen LogP contribution in [0.25, 0.3) is 0 Å². The number of benzene rings is 1. The van der Waals surface area contributed by atoms with E-state index in [1.54, 1.807) is 0 Å². The number of ether oxygens (including phenoxy) is 3. The molecule has 0 atom stereocenters. The van der Waals surface area contributed by atoms with Crippen LogP contribution in [0.5, 0.6) is 17.4 Å². The van der Waals surface area contributed by atoms with Crippen LogP contribution in [-0.2, 0) is 6.61 Å². The lowest BCUT2D eigenvalue weighted by molar-refractivity contribution is 0.174. The first-order valence-corrected chi connectivity index (χ1v) is 5.30. The van der Waals surface area contributed by atoms with E-state index in [1.165, 1.54) is 0 Å². The maximum atomic E-state index is 12.8. The normalized spacial score (nSPS) is 12.5. The molecule has 0 fully saturated rings. The van der Waals surface area contributed by atoms with Crippen molar-refractivity contribution in [3.63, 3.8) is 0 Å². The first-order valence-electron chi connectivity index (χ1n) is 5.30. The molecule has 18 heavy (non-hydrogen) atoms.